The number of rotatable bonds is 2. The maximum absolute atomic E-state index is 11.4. The maximum Gasteiger partial charge on any atom is 0.297 e. The Labute approximate surface area is 90.5 Å². The van der Waals surface area contributed by atoms with Crippen molar-refractivity contribution in [3.8, 4) is 0 Å². The standard InChI is InChI=1S/C8H7N3O4S/c1-16(14,15)10-5-7(11(12)13)6-3-2-4-9-8(6)10/h2-5H,1H3. The topological polar surface area (TPSA) is 95.1 Å². The summed E-state index contributed by atoms with van der Waals surface area (Å²) in [5.41, 5.74) is -0.203. The first-order valence-electron chi connectivity index (χ1n) is 4.22. The van der Waals surface area contributed by atoms with Crippen LogP contribution >= 0.6 is 0 Å². The van der Waals surface area contributed by atoms with E-state index in [1.54, 1.807) is 0 Å². The molecule has 0 N–H and O–H groups in total. The van der Waals surface area contributed by atoms with Gasteiger partial charge in [-0.3, -0.25) is 10.1 Å². The Hall–Kier alpha value is -1.96. The van der Waals surface area contributed by atoms with E-state index in [9.17, 15) is 18.5 Å². The van der Waals surface area contributed by atoms with Crippen molar-refractivity contribution in [2.75, 3.05) is 6.26 Å². The predicted molar refractivity (Wildman–Crippen MR) is 56.6 cm³/mol. The molecular formula is C8H7N3O4S. The van der Waals surface area contributed by atoms with Gasteiger partial charge in [-0.2, -0.15) is 0 Å². The first kappa shape index (κ1) is 10.6. The fraction of sp³-hybridized carbons (Fsp3) is 0.125. The number of aromatic nitrogens is 2. The van der Waals surface area contributed by atoms with E-state index in [-0.39, 0.29) is 16.7 Å². The first-order valence-corrected chi connectivity index (χ1v) is 6.07. The minimum atomic E-state index is -3.59. The third-order valence-electron chi connectivity index (χ3n) is 2.06. The fourth-order valence-corrected chi connectivity index (χ4v) is 2.16. The van der Waals surface area contributed by atoms with Crippen LogP contribution in [0, 0.1) is 10.1 Å². The van der Waals surface area contributed by atoms with Crippen LogP contribution in [0.15, 0.2) is 24.5 Å². The Morgan fingerprint density at radius 3 is 2.75 bits per heavy atom. The van der Waals surface area contributed by atoms with E-state index in [1.165, 1.54) is 18.3 Å². The molecular weight excluding hydrogens is 234 g/mol. The van der Waals surface area contributed by atoms with Crippen LogP contribution in [-0.4, -0.2) is 28.6 Å². The van der Waals surface area contributed by atoms with Crippen molar-refractivity contribution >= 4 is 26.7 Å². The highest BCUT2D eigenvalue weighted by molar-refractivity contribution is 7.89. The van der Waals surface area contributed by atoms with E-state index < -0.39 is 14.9 Å². The van der Waals surface area contributed by atoms with Crippen LogP contribution in [-0.2, 0) is 10.0 Å². The zero-order valence-corrected chi connectivity index (χ0v) is 9.01. The zero-order chi connectivity index (χ0) is 11.9. The molecule has 0 atom stereocenters. The lowest BCUT2D eigenvalue weighted by molar-refractivity contribution is -0.383. The molecule has 0 amide bonds. The fourth-order valence-electron chi connectivity index (χ4n) is 1.41. The van der Waals surface area contributed by atoms with E-state index in [4.69, 9.17) is 0 Å². The van der Waals surface area contributed by atoms with Crippen LogP contribution in [0.3, 0.4) is 0 Å². The monoisotopic (exact) mass is 241 g/mol. The predicted octanol–water partition coefficient (Wildman–Crippen LogP) is 0.752. The Bertz CT molecular complexity index is 674. The van der Waals surface area contributed by atoms with Gasteiger partial charge in [0.2, 0.25) is 10.0 Å². The second-order valence-corrected chi connectivity index (χ2v) is 5.06. The lowest BCUT2D eigenvalue weighted by atomic mass is 10.3. The molecule has 0 fully saturated rings. The van der Waals surface area contributed by atoms with E-state index >= 15 is 0 Å². The molecule has 0 aliphatic heterocycles. The van der Waals surface area contributed by atoms with Gasteiger partial charge in [0, 0.05) is 6.20 Å². The van der Waals surface area contributed by atoms with E-state index in [2.05, 4.69) is 4.98 Å². The minimum absolute atomic E-state index is 0.0664. The van der Waals surface area contributed by atoms with Crippen molar-refractivity contribution in [3.63, 3.8) is 0 Å². The zero-order valence-electron chi connectivity index (χ0n) is 8.19. The van der Waals surface area contributed by atoms with Crippen molar-refractivity contribution in [2.24, 2.45) is 0 Å². The van der Waals surface area contributed by atoms with Crippen LogP contribution in [0.5, 0.6) is 0 Å². The molecule has 0 bridgehead atoms. The largest absolute Gasteiger partial charge is 0.297 e. The molecule has 2 rings (SSSR count). The quantitative estimate of drug-likeness (QED) is 0.571. The molecule has 0 unspecified atom stereocenters. The van der Waals surface area contributed by atoms with Crippen LogP contribution in [0.1, 0.15) is 0 Å². The summed E-state index contributed by atoms with van der Waals surface area (Å²) in [6, 6.07) is 2.98. The number of hydrogen-bond acceptors (Lipinski definition) is 5. The molecule has 0 radical (unpaired) electrons. The number of hydrogen-bond donors (Lipinski definition) is 0. The molecule has 0 aliphatic carbocycles. The molecule has 0 aliphatic rings. The van der Waals surface area contributed by atoms with Gasteiger partial charge in [0.25, 0.3) is 5.69 Å². The third kappa shape index (κ3) is 1.52. The maximum atomic E-state index is 11.4. The molecule has 8 heteroatoms. The van der Waals surface area contributed by atoms with Gasteiger partial charge in [-0.25, -0.2) is 17.4 Å². The second-order valence-electron chi connectivity index (χ2n) is 3.20. The summed E-state index contributed by atoms with van der Waals surface area (Å²) in [7, 11) is -3.59. The van der Waals surface area contributed by atoms with E-state index in [0.717, 1.165) is 16.4 Å². The van der Waals surface area contributed by atoms with Crippen molar-refractivity contribution in [3.05, 3.63) is 34.6 Å². The van der Waals surface area contributed by atoms with Crippen molar-refractivity contribution in [1.82, 2.24) is 8.96 Å². The highest BCUT2D eigenvalue weighted by atomic mass is 32.2. The Morgan fingerprint density at radius 2 is 2.19 bits per heavy atom. The molecule has 0 aromatic carbocycles. The number of fused-ring (bicyclic) bond motifs is 1. The van der Waals surface area contributed by atoms with Crippen molar-refractivity contribution in [1.29, 1.82) is 0 Å². The average Bonchev–Trinajstić information content (AvgIpc) is 2.56. The Kier molecular flexibility index (Phi) is 2.16. The highest BCUT2D eigenvalue weighted by Crippen LogP contribution is 2.26. The summed E-state index contributed by atoms with van der Waals surface area (Å²) < 4.78 is 23.6. The number of nitrogens with zero attached hydrogens (tertiary/aromatic N) is 3. The Morgan fingerprint density at radius 1 is 1.50 bits per heavy atom. The highest BCUT2D eigenvalue weighted by Gasteiger charge is 2.22. The normalized spacial score (nSPS) is 11.8. The Balaban J connectivity index is 2.93. The van der Waals surface area contributed by atoms with Crippen LogP contribution in [0.4, 0.5) is 5.69 Å². The van der Waals surface area contributed by atoms with Crippen LogP contribution in [0.2, 0.25) is 0 Å². The summed E-state index contributed by atoms with van der Waals surface area (Å²) >= 11 is 0. The van der Waals surface area contributed by atoms with Gasteiger partial charge < -0.3 is 0 Å². The summed E-state index contributed by atoms with van der Waals surface area (Å²) in [5, 5.41) is 10.9. The summed E-state index contributed by atoms with van der Waals surface area (Å²) in [6.45, 7) is 0. The first-order chi connectivity index (χ1) is 7.41. The van der Waals surface area contributed by atoms with Gasteiger partial charge in [0.15, 0.2) is 5.65 Å². The molecule has 0 saturated heterocycles. The van der Waals surface area contributed by atoms with Crippen molar-refractivity contribution in [2.45, 2.75) is 0 Å². The van der Waals surface area contributed by atoms with E-state index in [1.807, 2.05) is 0 Å². The lowest BCUT2D eigenvalue weighted by Gasteiger charge is -1.98. The number of pyridine rings is 1. The summed E-state index contributed by atoms with van der Waals surface area (Å²) in [6.07, 6.45) is 3.31. The summed E-state index contributed by atoms with van der Waals surface area (Å²) in [5.74, 6) is 0. The number of nitro groups is 1. The summed E-state index contributed by atoms with van der Waals surface area (Å²) in [4.78, 5) is 13.9. The van der Waals surface area contributed by atoms with Gasteiger partial charge in [-0.1, -0.05) is 0 Å². The molecule has 2 aromatic rings. The second kappa shape index (κ2) is 3.27. The molecule has 2 aromatic heterocycles. The van der Waals surface area contributed by atoms with E-state index in [0.29, 0.717) is 0 Å². The molecule has 16 heavy (non-hydrogen) atoms. The van der Waals surface area contributed by atoms with Gasteiger partial charge in [-0.05, 0) is 12.1 Å². The average molecular weight is 241 g/mol. The smallest absolute Gasteiger partial charge is 0.258 e. The minimum Gasteiger partial charge on any atom is -0.258 e. The van der Waals surface area contributed by atoms with Gasteiger partial charge in [-0.15, -0.1) is 0 Å². The van der Waals surface area contributed by atoms with Crippen LogP contribution < -0.4 is 0 Å². The molecule has 7 nitrogen and oxygen atoms in total. The van der Waals surface area contributed by atoms with Crippen molar-refractivity contribution < 1.29 is 13.3 Å². The van der Waals surface area contributed by atoms with Gasteiger partial charge in [0.05, 0.1) is 16.6 Å². The van der Waals surface area contributed by atoms with Crippen LogP contribution in [0.25, 0.3) is 11.0 Å². The molecule has 0 saturated carbocycles. The SMILES string of the molecule is CS(=O)(=O)n1cc([N+](=O)[O-])c2cccnc21. The van der Waals surface area contributed by atoms with Gasteiger partial charge in [0.1, 0.15) is 6.20 Å². The third-order valence-corrected chi connectivity index (χ3v) is 3.06. The van der Waals surface area contributed by atoms with Gasteiger partial charge >= 0.3 is 0 Å². The molecule has 84 valence electrons. The molecule has 2 heterocycles. The lowest BCUT2D eigenvalue weighted by Crippen LogP contribution is -2.08. The molecule has 0 spiro atoms.